The predicted octanol–water partition coefficient (Wildman–Crippen LogP) is 3.37. The second-order valence-electron chi connectivity index (χ2n) is 4.23. The largest absolute Gasteiger partial charge is 0.493 e. The van der Waals surface area contributed by atoms with E-state index in [4.69, 9.17) is 25.8 Å². The van der Waals surface area contributed by atoms with Crippen molar-refractivity contribution in [1.82, 2.24) is 4.98 Å². The smallest absolute Gasteiger partial charge is 0.203 e. The van der Waals surface area contributed by atoms with Crippen LogP contribution < -0.4 is 19.5 Å². The molecular weight excluding hydrogens is 292 g/mol. The highest BCUT2D eigenvalue weighted by atomic mass is 35.5. The molecule has 1 N–H and O–H groups in total. The first-order valence-corrected chi connectivity index (χ1v) is 6.71. The van der Waals surface area contributed by atoms with Gasteiger partial charge in [-0.1, -0.05) is 17.7 Å². The quantitative estimate of drug-likeness (QED) is 0.829. The van der Waals surface area contributed by atoms with Gasteiger partial charge in [-0.25, -0.2) is 4.98 Å². The summed E-state index contributed by atoms with van der Waals surface area (Å²) in [5.41, 5.74) is 0.978. The molecule has 0 saturated heterocycles. The van der Waals surface area contributed by atoms with Gasteiger partial charge in [0.15, 0.2) is 11.5 Å². The minimum Gasteiger partial charge on any atom is -0.493 e. The van der Waals surface area contributed by atoms with Crippen molar-refractivity contribution in [3.63, 3.8) is 0 Å². The number of anilines is 1. The monoisotopic (exact) mass is 308 g/mol. The van der Waals surface area contributed by atoms with E-state index in [1.807, 2.05) is 24.3 Å². The van der Waals surface area contributed by atoms with Crippen LogP contribution in [0.5, 0.6) is 17.2 Å². The van der Waals surface area contributed by atoms with Crippen LogP contribution in [0.15, 0.2) is 30.3 Å². The Morgan fingerprint density at radius 3 is 2.24 bits per heavy atom. The van der Waals surface area contributed by atoms with Crippen LogP contribution >= 0.6 is 11.6 Å². The fourth-order valence-electron chi connectivity index (χ4n) is 1.94. The molecule has 0 aliphatic rings. The van der Waals surface area contributed by atoms with Gasteiger partial charge in [-0.05, 0) is 29.8 Å². The lowest BCUT2D eigenvalue weighted by molar-refractivity contribution is 0.324. The van der Waals surface area contributed by atoms with E-state index in [0.717, 1.165) is 5.56 Å². The Morgan fingerprint density at radius 2 is 1.71 bits per heavy atom. The van der Waals surface area contributed by atoms with Gasteiger partial charge in [-0.3, -0.25) is 0 Å². The molecule has 0 bridgehead atoms. The van der Waals surface area contributed by atoms with Gasteiger partial charge in [0.1, 0.15) is 11.0 Å². The van der Waals surface area contributed by atoms with Crippen molar-refractivity contribution in [3.05, 3.63) is 41.0 Å². The summed E-state index contributed by atoms with van der Waals surface area (Å²) in [6.45, 7) is 0.560. The summed E-state index contributed by atoms with van der Waals surface area (Å²) in [5, 5.41) is 3.64. The van der Waals surface area contributed by atoms with E-state index in [2.05, 4.69) is 10.3 Å². The second kappa shape index (κ2) is 7.04. The van der Waals surface area contributed by atoms with Crippen molar-refractivity contribution in [2.45, 2.75) is 6.54 Å². The zero-order chi connectivity index (χ0) is 15.2. The van der Waals surface area contributed by atoms with Crippen molar-refractivity contribution >= 4 is 17.4 Å². The van der Waals surface area contributed by atoms with Crippen molar-refractivity contribution in [3.8, 4) is 17.2 Å². The molecule has 0 amide bonds. The lowest BCUT2D eigenvalue weighted by Gasteiger charge is -2.14. The molecule has 0 saturated carbocycles. The zero-order valence-corrected chi connectivity index (χ0v) is 12.9. The summed E-state index contributed by atoms with van der Waals surface area (Å²) in [6, 6.07) is 9.20. The molecule has 5 nitrogen and oxygen atoms in total. The highest BCUT2D eigenvalue weighted by molar-refractivity contribution is 6.29. The number of pyridine rings is 1. The summed E-state index contributed by atoms with van der Waals surface area (Å²) >= 11 is 5.85. The first-order chi connectivity index (χ1) is 10.2. The minimum absolute atomic E-state index is 0.449. The van der Waals surface area contributed by atoms with Crippen molar-refractivity contribution < 1.29 is 14.2 Å². The van der Waals surface area contributed by atoms with Crippen molar-refractivity contribution in [1.29, 1.82) is 0 Å². The van der Waals surface area contributed by atoms with Crippen molar-refractivity contribution in [2.24, 2.45) is 0 Å². The van der Waals surface area contributed by atoms with E-state index in [0.29, 0.717) is 34.8 Å². The molecule has 0 fully saturated rings. The van der Waals surface area contributed by atoms with Gasteiger partial charge in [0.05, 0.1) is 21.3 Å². The molecule has 112 valence electrons. The van der Waals surface area contributed by atoms with E-state index < -0.39 is 0 Å². The molecule has 0 atom stereocenters. The highest BCUT2D eigenvalue weighted by Gasteiger charge is 2.13. The normalized spacial score (nSPS) is 10.1. The van der Waals surface area contributed by atoms with Crippen LogP contribution in [0.4, 0.5) is 5.82 Å². The maximum atomic E-state index is 5.85. The van der Waals surface area contributed by atoms with Gasteiger partial charge in [-0.15, -0.1) is 0 Å². The number of hydrogen-bond donors (Lipinski definition) is 1. The fourth-order valence-corrected chi connectivity index (χ4v) is 2.10. The number of aromatic nitrogens is 1. The first kappa shape index (κ1) is 15.3. The van der Waals surface area contributed by atoms with Crippen molar-refractivity contribution in [2.75, 3.05) is 26.6 Å². The van der Waals surface area contributed by atoms with Crippen LogP contribution in [-0.4, -0.2) is 26.3 Å². The lowest BCUT2D eigenvalue weighted by Crippen LogP contribution is -2.03. The predicted molar refractivity (Wildman–Crippen MR) is 82.7 cm³/mol. The Balaban J connectivity index is 2.20. The van der Waals surface area contributed by atoms with Crippen LogP contribution in [0, 0.1) is 0 Å². The number of nitrogens with zero attached hydrogens (tertiary/aromatic N) is 1. The molecule has 0 aliphatic carbocycles. The van der Waals surface area contributed by atoms with Crippen LogP contribution in [0.2, 0.25) is 5.15 Å². The van der Waals surface area contributed by atoms with E-state index in [1.54, 1.807) is 27.4 Å². The van der Waals surface area contributed by atoms with Crippen LogP contribution in [0.1, 0.15) is 5.56 Å². The molecule has 1 aromatic heterocycles. The molecule has 0 radical (unpaired) electrons. The molecule has 6 heteroatoms. The third-order valence-corrected chi connectivity index (χ3v) is 3.12. The molecule has 0 aliphatic heterocycles. The Kier molecular flexibility index (Phi) is 5.11. The van der Waals surface area contributed by atoms with E-state index in [9.17, 15) is 0 Å². The maximum Gasteiger partial charge on any atom is 0.203 e. The molecule has 21 heavy (non-hydrogen) atoms. The summed E-state index contributed by atoms with van der Waals surface area (Å²) in [5.74, 6) is 2.52. The molecule has 1 aromatic carbocycles. The number of benzene rings is 1. The third kappa shape index (κ3) is 3.70. The summed E-state index contributed by atoms with van der Waals surface area (Å²) in [7, 11) is 4.76. The van der Waals surface area contributed by atoms with E-state index >= 15 is 0 Å². The Bertz CT molecular complexity index is 595. The third-order valence-electron chi connectivity index (χ3n) is 2.91. The Morgan fingerprint density at radius 1 is 1.05 bits per heavy atom. The Labute approximate surface area is 128 Å². The molecular formula is C15H17ClN2O3. The Hall–Kier alpha value is -2.14. The molecule has 1 heterocycles. The molecule has 2 rings (SSSR count). The molecule has 0 unspecified atom stereocenters. The van der Waals surface area contributed by atoms with Gasteiger partial charge in [0.2, 0.25) is 5.75 Å². The average molecular weight is 309 g/mol. The van der Waals surface area contributed by atoms with Crippen LogP contribution in [0.3, 0.4) is 0 Å². The topological polar surface area (TPSA) is 52.6 Å². The number of methoxy groups -OCH3 is 3. The van der Waals surface area contributed by atoms with Crippen LogP contribution in [0.25, 0.3) is 0 Å². The minimum atomic E-state index is 0.449. The van der Waals surface area contributed by atoms with Gasteiger partial charge in [0.25, 0.3) is 0 Å². The van der Waals surface area contributed by atoms with Gasteiger partial charge in [0, 0.05) is 6.54 Å². The highest BCUT2D eigenvalue weighted by Crippen LogP contribution is 2.38. The van der Waals surface area contributed by atoms with Crippen LogP contribution in [-0.2, 0) is 6.54 Å². The lowest BCUT2D eigenvalue weighted by atomic mass is 10.1. The molecule has 2 aromatic rings. The fraction of sp³-hybridized carbons (Fsp3) is 0.267. The van der Waals surface area contributed by atoms with Gasteiger partial charge < -0.3 is 19.5 Å². The molecule has 0 spiro atoms. The van der Waals surface area contributed by atoms with E-state index in [-0.39, 0.29) is 0 Å². The van der Waals surface area contributed by atoms with Gasteiger partial charge in [-0.2, -0.15) is 0 Å². The number of ether oxygens (including phenoxy) is 3. The summed E-state index contributed by atoms with van der Waals surface area (Å²) in [6.07, 6.45) is 0. The number of hydrogen-bond acceptors (Lipinski definition) is 5. The van der Waals surface area contributed by atoms with Gasteiger partial charge >= 0.3 is 0 Å². The first-order valence-electron chi connectivity index (χ1n) is 6.33. The second-order valence-corrected chi connectivity index (χ2v) is 4.62. The number of nitrogens with one attached hydrogen (secondary N) is 1. The zero-order valence-electron chi connectivity index (χ0n) is 12.1. The number of rotatable bonds is 6. The number of halogens is 1. The SMILES string of the molecule is COc1cc(CNc2cccc(Cl)n2)cc(OC)c1OC. The average Bonchev–Trinajstić information content (AvgIpc) is 2.51. The van der Waals surface area contributed by atoms with E-state index in [1.165, 1.54) is 0 Å². The summed E-state index contributed by atoms with van der Waals surface area (Å²) in [4.78, 5) is 4.17. The maximum absolute atomic E-state index is 5.85. The summed E-state index contributed by atoms with van der Waals surface area (Å²) < 4.78 is 15.9. The standard InChI is InChI=1S/C15H17ClN2O3/c1-19-11-7-10(8-12(20-2)15(11)21-3)9-17-14-6-4-5-13(16)18-14/h4-8H,9H2,1-3H3,(H,17,18).